The molecule has 2 rings (SSSR count). The second-order valence-corrected chi connectivity index (χ2v) is 6.84. The standard InChI is InChI=1S/C16H28O/c1-12-8-9-15-13(14(12)11-17)7-5-4-6-10-16(15,2)3/h13-15,17H,1,4-11H2,2-3H3/t13-,14-,15+/m0/s1. The van der Waals surface area contributed by atoms with Crippen molar-refractivity contribution in [3.05, 3.63) is 12.2 Å². The maximum atomic E-state index is 9.67. The second-order valence-electron chi connectivity index (χ2n) is 6.84. The first-order valence-corrected chi connectivity index (χ1v) is 7.35. The summed E-state index contributed by atoms with van der Waals surface area (Å²) in [5.41, 5.74) is 1.77. The van der Waals surface area contributed by atoms with Gasteiger partial charge in [-0.15, -0.1) is 0 Å². The number of aliphatic hydroxyl groups is 1. The SMILES string of the molecule is C=C1CC[C@@H]2[C@@H](CCCCCC2(C)C)[C@H]1CO. The Morgan fingerprint density at radius 3 is 2.71 bits per heavy atom. The van der Waals surface area contributed by atoms with E-state index in [1.165, 1.54) is 44.1 Å². The highest BCUT2D eigenvalue weighted by Crippen LogP contribution is 2.51. The number of hydrogen-bond donors (Lipinski definition) is 1. The van der Waals surface area contributed by atoms with Gasteiger partial charge in [-0.2, -0.15) is 0 Å². The average molecular weight is 236 g/mol. The molecule has 0 aromatic heterocycles. The predicted molar refractivity (Wildman–Crippen MR) is 72.8 cm³/mol. The van der Waals surface area contributed by atoms with Gasteiger partial charge in [0.25, 0.3) is 0 Å². The average Bonchev–Trinajstić information content (AvgIpc) is 2.26. The van der Waals surface area contributed by atoms with E-state index in [4.69, 9.17) is 0 Å². The van der Waals surface area contributed by atoms with Gasteiger partial charge in [-0.3, -0.25) is 0 Å². The zero-order valence-electron chi connectivity index (χ0n) is 11.5. The highest BCUT2D eigenvalue weighted by Gasteiger charge is 2.42. The lowest BCUT2D eigenvalue weighted by molar-refractivity contribution is 0.0299. The van der Waals surface area contributed by atoms with Gasteiger partial charge in [-0.1, -0.05) is 45.3 Å². The Hall–Kier alpha value is -0.300. The van der Waals surface area contributed by atoms with Gasteiger partial charge < -0.3 is 5.11 Å². The molecule has 0 heterocycles. The lowest BCUT2D eigenvalue weighted by Crippen LogP contribution is -2.40. The molecule has 1 heteroatoms. The summed E-state index contributed by atoms with van der Waals surface area (Å²) in [4.78, 5) is 0. The van der Waals surface area contributed by atoms with Crippen LogP contribution in [0.1, 0.15) is 58.8 Å². The quantitative estimate of drug-likeness (QED) is 0.678. The van der Waals surface area contributed by atoms with Gasteiger partial charge in [0.2, 0.25) is 0 Å². The summed E-state index contributed by atoms with van der Waals surface area (Å²) >= 11 is 0. The summed E-state index contributed by atoms with van der Waals surface area (Å²) in [6, 6.07) is 0. The van der Waals surface area contributed by atoms with Crippen molar-refractivity contribution >= 4 is 0 Å². The van der Waals surface area contributed by atoms with Crippen LogP contribution in [-0.2, 0) is 0 Å². The van der Waals surface area contributed by atoms with Crippen LogP contribution in [0, 0.1) is 23.2 Å². The minimum atomic E-state index is 0.316. The maximum Gasteiger partial charge on any atom is 0.0499 e. The minimum absolute atomic E-state index is 0.316. The lowest BCUT2D eigenvalue weighted by atomic mass is 9.57. The van der Waals surface area contributed by atoms with E-state index in [0.717, 1.165) is 12.3 Å². The van der Waals surface area contributed by atoms with Gasteiger partial charge in [0.15, 0.2) is 0 Å². The Bertz CT molecular complexity index is 279. The summed E-state index contributed by atoms with van der Waals surface area (Å²) in [6.45, 7) is 9.40. The first-order valence-electron chi connectivity index (χ1n) is 7.35. The molecule has 0 bridgehead atoms. The van der Waals surface area contributed by atoms with Crippen LogP contribution in [0.25, 0.3) is 0 Å². The monoisotopic (exact) mass is 236 g/mol. The largest absolute Gasteiger partial charge is 0.396 e. The first kappa shape index (κ1) is 13.1. The van der Waals surface area contributed by atoms with Gasteiger partial charge in [-0.05, 0) is 42.9 Å². The van der Waals surface area contributed by atoms with Gasteiger partial charge in [0.1, 0.15) is 0 Å². The third kappa shape index (κ3) is 2.59. The molecule has 1 nitrogen and oxygen atoms in total. The van der Waals surface area contributed by atoms with Crippen molar-refractivity contribution in [3.8, 4) is 0 Å². The number of rotatable bonds is 1. The van der Waals surface area contributed by atoms with E-state index < -0.39 is 0 Å². The molecule has 98 valence electrons. The van der Waals surface area contributed by atoms with E-state index in [1.807, 2.05) is 0 Å². The highest BCUT2D eigenvalue weighted by atomic mass is 16.3. The molecule has 0 unspecified atom stereocenters. The molecule has 2 aliphatic carbocycles. The molecule has 0 amide bonds. The zero-order valence-corrected chi connectivity index (χ0v) is 11.5. The lowest BCUT2D eigenvalue weighted by Gasteiger charge is -2.48. The molecule has 1 N–H and O–H groups in total. The van der Waals surface area contributed by atoms with E-state index in [0.29, 0.717) is 23.9 Å². The van der Waals surface area contributed by atoms with Crippen molar-refractivity contribution < 1.29 is 5.11 Å². The van der Waals surface area contributed by atoms with Crippen molar-refractivity contribution in [2.75, 3.05) is 6.61 Å². The van der Waals surface area contributed by atoms with Gasteiger partial charge in [0, 0.05) is 12.5 Å². The molecule has 0 aliphatic heterocycles. The predicted octanol–water partition coefficient (Wildman–Crippen LogP) is 4.17. The van der Waals surface area contributed by atoms with Crippen LogP contribution in [-0.4, -0.2) is 11.7 Å². The van der Waals surface area contributed by atoms with Crippen LogP contribution in [0.4, 0.5) is 0 Å². The van der Waals surface area contributed by atoms with Crippen molar-refractivity contribution in [1.82, 2.24) is 0 Å². The Balaban J connectivity index is 2.22. The van der Waals surface area contributed by atoms with Crippen LogP contribution in [0.2, 0.25) is 0 Å². The smallest absolute Gasteiger partial charge is 0.0499 e. The van der Waals surface area contributed by atoms with E-state index >= 15 is 0 Å². The second kappa shape index (κ2) is 5.14. The van der Waals surface area contributed by atoms with Crippen molar-refractivity contribution in [1.29, 1.82) is 0 Å². The molecular formula is C16H28O. The van der Waals surface area contributed by atoms with Crippen LogP contribution in [0.3, 0.4) is 0 Å². The Morgan fingerprint density at radius 2 is 2.00 bits per heavy atom. The Kier molecular flexibility index (Phi) is 3.97. The molecule has 0 spiro atoms. The van der Waals surface area contributed by atoms with Crippen LogP contribution in [0.15, 0.2) is 12.2 Å². The molecule has 17 heavy (non-hydrogen) atoms. The molecule has 0 radical (unpaired) electrons. The van der Waals surface area contributed by atoms with E-state index in [1.54, 1.807) is 0 Å². The number of fused-ring (bicyclic) bond motifs is 1. The summed E-state index contributed by atoms with van der Waals surface area (Å²) in [6.07, 6.45) is 9.21. The van der Waals surface area contributed by atoms with E-state index in [9.17, 15) is 5.11 Å². The summed E-state index contributed by atoms with van der Waals surface area (Å²) in [7, 11) is 0. The fraction of sp³-hybridized carbons (Fsp3) is 0.875. The summed E-state index contributed by atoms with van der Waals surface area (Å²) < 4.78 is 0. The Labute approximate surface area is 106 Å². The van der Waals surface area contributed by atoms with Gasteiger partial charge in [0.05, 0.1) is 0 Å². The fourth-order valence-corrected chi connectivity index (χ4v) is 4.28. The molecule has 2 aliphatic rings. The first-order chi connectivity index (χ1) is 8.06. The van der Waals surface area contributed by atoms with E-state index in [2.05, 4.69) is 20.4 Å². The van der Waals surface area contributed by atoms with Gasteiger partial charge >= 0.3 is 0 Å². The molecule has 2 fully saturated rings. The summed E-state index contributed by atoms with van der Waals surface area (Å²) in [5, 5.41) is 9.67. The molecule has 0 saturated heterocycles. The molecular weight excluding hydrogens is 208 g/mol. The van der Waals surface area contributed by atoms with Crippen molar-refractivity contribution in [3.63, 3.8) is 0 Å². The topological polar surface area (TPSA) is 20.2 Å². The van der Waals surface area contributed by atoms with Crippen LogP contribution < -0.4 is 0 Å². The fourth-order valence-electron chi connectivity index (χ4n) is 4.28. The third-order valence-corrected chi connectivity index (χ3v) is 5.39. The highest BCUT2D eigenvalue weighted by molar-refractivity contribution is 5.10. The van der Waals surface area contributed by atoms with E-state index in [-0.39, 0.29) is 0 Å². The normalized spacial score (nSPS) is 38.1. The third-order valence-electron chi connectivity index (χ3n) is 5.39. The zero-order chi connectivity index (χ0) is 12.5. The van der Waals surface area contributed by atoms with Crippen LogP contribution in [0.5, 0.6) is 0 Å². The Morgan fingerprint density at radius 1 is 1.24 bits per heavy atom. The van der Waals surface area contributed by atoms with Crippen LogP contribution >= 0.6 is 0 Å². The maximum absolute atomic E-state index is 9.67. The number of hydrogen-bond acceptors (Lipinski definition) is 1. The molecule has 0 aromatic carbocycles. The number of aliphatic hydroxyl groups excluding tert-OH is 1. The molecule has 3 atom stereocenters. The minimum Gasteiger partial charge on any atom is -0.396 e. The molecule has 0 aromatic rings. The van der Waals surface area contributed by atoms with Gasteiger partial charge in [-0.25, -0.2) is 0 Å². The molecule has 2 saturated carbocycles. The van der Waals surface area contributed by atoms with Crippen molar-refractivity contribution in [2.45, 2.75) is 58.8 Å². The summed E-state index contributed by atoms with van der Waals surface area (Å²) in [5.74, 6) is 1.87. The van der Waals surface area contributed by atoms with Crippen molar-refractivity contribution in [2.24, 2.45) is 23.2 Å².